The molecule has 0 saturated carbocycles. The summed E-state index contributed by atoms with van der Waals surface area (Å²) < 4.78 is 24.7. The molecule has 0 atom stereocenters. The SMILES string of the molecule is CCNC(=NCc1cccnc1Oc1cccc(F)c1)NCc1nc(C)c(C)o1. The number of aromatic nitrogens is 2. The maximum Gasteiger partial charge on any atom is 0.224 e. The molecule has 1 aromatic carbocycles. The third-order valence-electron chi connectivity index (χ3n) is 4.09. The van der Waals surface area contributed by atoms with Crippen molar-refractivity contribution < 1.29 is 13.5 Å². The first-order valence-corrected chi connectivity index (χ1v) is 9.37. The number of rotatable bonds is 7. The minimum Gasteiger partial charge on any atom is -0.444 e. The Bertz CT molecular complexity index is 967. The molecular formula is C21H24FN5O2. The Kier molecular flexibility index (Phi) is 6.78. The topological polar surface area (TPSA) is 84.6 Å². The van der Waals surface area contributed by atoms with Gasteiger partial charge < -0.3 is 19.8 Å². The van der Waals surface area contributed by atoms with Crippen LogP contribution in [0.15, 0.2) is 52.0 Å². The normalized spacial score (nSPS) is 11.4. The number of guanidine groups is 1. The van der Waals surface area contributed by atoms with Gasteiger partial charge in [0.05, 0.1) is 18.8 Å². The molecule has 0 amide bonds. The second kappa shape index (κ2) is 9.68. The highest BCUT2D eigenvalue weighted by Gasteiger charge is 2.09. The van der Waals surface area contributed by atoms with Crippen molar-refractivity contribution in [2.45, 2.75) is 33.9 Å². The van der Waals surface area contributed by atoms with E-state index in [0.29, 0.717) is 43.1 Å². The number of aliphatic imine (C=N–C) groups is 1. The highest BCUT2D eigenvalue weighted by atomic mass is 19.1. The zero-order valence-electron chi connectivity index (χ0n) is 16.7. The smallest absolute Gasteiger partial charge is 0.224 e. The van der Waals surface area contributed by atoms with Crippen molar-refractivity contribution in [1.29, 1.82) is 0 Å². The molecule has 0 aliphatic heterocycles. The zero-order chi connectivity index (χ0) is 20.6. The van der Waals surface area contributed by atoms with Crippen LogP contribution in [-0.2, 0) is 13.1 Å². The molecule has 2 N–H and O–H groups in total. The molecule has 0 fully saturated rings. The van der Waals surface area contributed by atoms with E-state index in [2.05, 4.69) is 25.6 Å². The van der Waals surface area contributed by atoms with Gasteiger partial charge in [-0.05, 0) is 39.0 Å². The van der Waals surface area contributed by atoms with E-state index in [1.165, 1.54) is 12.1 Å². The van der Waals surface area contributed by atoms with Crippen LogP contribution in [0.2, 0.25) is 0 Å². The monoisotopic (exact) mass is 397 g/mol. The van der Waals surface area contributed by atoms with Crippen LogP contribution in [-0.4, -0.2) is 22.5 Å². The molecule has 0 radical (unpaired) electrons. The van der Waals surface area contributed by atoms with E-state index in [1.54, 1.807) is 18.3 Å². The fraction of sp³-hybridized carbons (Fsp3) is 0.286. The molecule has 0 bridgehead atoms. The lowest BCUT2D eigenvalue weighted by molar-refractivity contribution is 0.451. The van der Waals surface area contributed by atoms with Gasteiger partial charge in [-0.2, -0.15) is 0 Å². The summed E-state index contributed by atoms with van der Waals surface area (Å²) in [6, 6.07) is 9.62. The lowest BCUT2D eigenvalue weighted by Gasteiger charge is -2.11. The van der Waals surface area contributed by atoms with Crippen molar-refractivity contribution in [3.8, 4) is 11.6 Å². The van der Waals surface area contributed by atoms with Crippen LogP contribution in [0, 0.1) is 19.7 Å². The first-order chi connectivity index (χ1) is 14.0. The molecule has 3 rings (SSSR count). The van der Waals surface area contributed by atoms with E-state index >= 15 is 0 Å². The zero-order valence-corrected chi connectivity index (χ0v) is 16.7. The second-order valence-corrected chi connectivity index (χ2v) is 6.33. The maximum atomic E-state index is 13.4. The molecule has 2 heterocycles. The average Bonchev–Trinajstić information content (AvgIpc) is 3.02. The van der Waals surface area contributed by atoms with E-state index in [9.17, 15) is 4.39 Å². The predicted molar refractivity (Wildman–Crippen MR) is 108 cm³/mol. The molecule has 29 heavy (non-hydrogen) atoms. The molecule has 0 spiro atoms. The van der Waals surface area contributed by atoms with Gasteiger partial charge in [0.2, 0.25) is 11.8 Å². The second-order valence-electron chi connectivity index (χ2n) is 6.33. The van der Waals surface area contributed by atoms with Gasteiger partial charge in [-0.3, -0.25) is 0 Å². The van der Waals surface area contributed by atoms with Gasteiger partial charge in [0.25, 0.3) is 0 Å². The number of aryl methyl sites for hydroxylation is 2. The summed E-state index contributed by atoms with van der Waals surface area (Å²) in [7, 11) is 0. The summed E-state index contributed by atoms with van der Waals surface area (Å²) >= 11 is 0. The molecule has 152 valence electrons. The van der Waals surface area contributed by atoms with Gasteiger partial charge in [0.1, 0.15) is 17.3 Å². The lowest BCUT2D eigenvalue weighted by atomic mass is 10.2. The summed E-state index contributed by atoms with van der Waals surface area (Å²) in [5, 5.41) is 6.38. The van der Waals surface area contributed by atoms with Crippen LogP contribution < -0.4 is 15.4 Å². The van der Waals surface area contributed by atoms with Crippen LogP contribution >= 0.6 is 0 Å². The van der Waals surface area contributed by atoms with Crippen LogP contribution in [0.5, 0.6) is 11.6 Å². The number of pyridine rings is 1. The Labute approximate surface area is 169 Å². The standard InChI is InChI=1S/C21H24FN5O2/c1-4-23-21(26-13-19-27-14(2)15(3)28-19)25-12-16-7-6-10-24-20(16)29-18-9-5-8-17(22)11-18/h5-11H,4,12-13H2,1-3H3,(H2,23,25,26). The summed E-state index contributed by atoms with van der Waals surface area (Å²) in [5.74, 6) is 2.42. The van der Waals surface area contributed by atoms with Gasteiger partial charge in [-0.1, -0.05) is 12.1 Å². The molecule has 0 unspecified atom stereocenters. The first-order valence-electron chi connectivity index (χ1n) is 9.37. The number of nitrogens with zero attached hydrogens (tertiary/aromatic N) is 3. The molecule has 0 aliphatic carbocycles. The average molecular weight is 397 g/mol. The molecule has 3 aromatic rings. The Morgan fingerprint density at radius 3 is 2.79 bits per heavy atom. The third-order valence-corrected chi connectivity index (χ3v) is 4.09. The lowest BCUT2D eigenvalue weighted by Crippen LogP contribution is -2.36. The molecule has 0 aliphatic rings. The van der Waals surface area contributed by atoms with Crippen molar-refractivity contribution in [3.63, 3.8) is 0 Å². The van der Waals surface area contributed by atoms with Crippen molar-refractivity contribution in [2.75, 3.05) is 6.54 Å². The highest BCUT2D eigenvalue weighted by Crippen LogP contribution is 2.24. The molecule has 2 aromatic heterocycles. The predicted octanol–water partition coefficient (Wildman–Crippen LogP) is 3.87. The van der Waals surface area contributed by atoms with Crippen molar-refractivity contribution >= 4 is 5.96 Å². The van der Waals surface area contributed by atoms with Crippen molar-refractivity contribution in [3.05, 3.63) is 71.3 Å². The van der Waals surface area contributed by atoms with Gasteiger partial charge in [-0.25, -0.2) is 19.4 Å². The number of halogens is 1. The fourth-order valence-corrected chi connectivity index (χ4v) is 2.56. The molecular weight excluding hydrogens is 373 g/mol. The summed E-state index contributed by atoms with van der Waals surface area (Å²) in [6.45, 7) is 7.23. The molecule has 7 nitrogen and oxygen atoms in total. The summed E-state index contributed by atoms with van der Waals surface area (Å²) in [6.07, 6.45) is 1.62. The van der Waals surface area contributed by atoms with Gasteiger partial charge in [-0.15, -0.1) is 0 Å². The van der Waals surface area contributed by atoms with E-state index in [4.69, 9.17) is 9.15 Å². The Morgan fingerprint density at radius 1 is 1.21 bits per heavy atom. The third kappa shape index (κ3) is 5.78. The van der Waals surface area contributed by atoms with Gasteiger partial charge >= 0.3 is 0 Å². The van der Waals surface area contributed by atoms with Crippen LogP contribution in [0.3, 0.4) is 0 Å². The number of hydrogen-bond acceptors (Lipinski definition) is 5. The van der Waals surface area contributed by atoms with Gasteiger partial charge in [0.15, 0.2) is 5.96 Å². The van der Waals surface area contributed by atoms with Crippen LogP contribution in [0.4, 0.5) is 4.39 Å². The minimum atomic E-state index is -0.367. The number of nitrogens with one attached hydrogen (secondary N) is 2. The molecule has 0 saturated heterocycles. The maximum absolute atomic E-state index is 13.4. The van der Waals surface area contributed by atoms with Crippen molar-refractivity contribution in [1.82, 2.24) is 20.6 Å². The fourth-order valence-electron chi connectivity index (χ4n) is 2.56. The van der Waals surface area contributed by atoms with Gasteiger partial charge in [0, 0.05) is 24.4 Å². The van der Waals surface area contributed by atoms with E-state index < -0.39 is 0 Å². The number of oxazole rings is 1. The Morgan fingerprint density at radius 2 is 2.07 bits per heavy atom. The van der Waals surface area contributed by atoms with Crippen molar-refractivity contribution in [2.24, 2.45) is 4.99 Å². The van der Waals surface area contributed by atoms with Crippen LogP contribution in [0.1, 0.15) is 29.8 Å². The van der Waals surface area contributed by atoms with E-state index in [1.807, 2.05) is 32.9 Å². The minimum absolute atomic E-state index is 0.331. The Balaban J connectivity index is 1.70. The largest absolute Gasteiger partial charge is 0.444 e. The molecule has 8 heteroatoms. The number of ether oxygens (including phenoxy) is 1. The van der Waals surface area contributed by atoms with E-state index in [0.717, 1.165) is 17.0 Å². The Hall–Kier alpha value is -3.42. The summed E-state index contributed by atoms with van der Waals surface area (Å²) in [4.78, 5) is 13.2. The quantitative estimate of drug-likeness (QED) is 0.465. The van der Waals surface area contributed by atoms with E-state index in [-0.39, 0.29) is 5.82 Å². The number of hydrogen-bond donors (Lipinski definition) is 2. The van der Waals surface area contributed by atoms with Crippen LogP contribution in [0.25, 0.3) is 0 Å². The summed E-state index contributed by atoms with van der Waals surface area (Å²) in [5.41, 5.74) is 1.65. The first kappa shape index (κ1) is 20.3. The highest BCUT2D eigenvalue weighted by molar-refractivity contribution is 5.79. The number of benzene rings is 1.